The first-order chi connectivity index (χ1) is 14.8. The molecule has 0 aliphatic carbocycles. The van der Waals surface area contributed by atoms with Crippen LogP contribution in [0.2, 0.25) is 0 Å². The standard InChI is InChI=1S/C22H23F2N3O4/c1-4-29-20-12-16(5-6-19(20)31-22(23)24)25-21(28)18-7-8-27(26-18)13-30-17-10-14(2)9-15(3)11-17/h5-12,22H,4,13H2,1-3H3,(H,25,28). The number of halogens is 2. The maximum atomic E-state index is 12.5. The monoisotopic (exact) mass is 431 g/mol. The van der Waals surface area contributed by atoms with Crippen molar-refractivity contribution in [2.75, 3.05) is 11.9 Å². The summed E-state index contributed by atoms with van der Waals surface area (Å²) in [4.78, 5) is 12.5. The molecule has 0 fully saturated rings. The van der Waals surface area contributed by atoms with Crippen molar-refractivity contribution in [2.45, 2.75) is 34.1 Å². The van der Waals surface area contributed by atoms with Gasteiger partial charge in [0.2, 0.25) is 0 Å². The van der Waals surface area contributed by atoms with E-state index in [4.69, 9.17) is 9.47 Å². The number of hydrogen-bond acceptors (Lipinski definition) is 5. The highest BCUT2D eigenvalue weighted by atomic mass is 19.3. The zero-order valence-corrected chi connectivity index (χ0v) is 17.4. The summed E-state index contributed by atoms with van der Waals surface area (Å²) in [7, 11) is 0. The predicted octanol–water partition coefficient (Wildman–Crippen LogP) is 4.79. The van der Waals surface area contributed by atoms with Crippen LogP contribution in [0.4, 0.5) is 14.5 Å². The van der Waals surface area contributed by atoms with Crippen molar-refractivity contribution in [3.8, 4) is 17.2 Å². The van der Waals surface area contributed by atoms with Gasteiger partial charge in [0.05, 0.1) is 6.61 Å². The van der Waals surface area contributed by atoms with Gasteiger partial charge in [-0.2, -0.15) is 13.9 Å². The minimum Gasteiger partial charge on any atom is -0.490 e. The fourth-order valence-electron chi connectivity index (χ4n) is 2.95. The number of nitrogens with one attached hydrogen (secondary N) is 1. The quantitative estimate of drug-likeness (QED) is 0.527. The number of amides is 1. The number of rotatable bonds is 9. The van der Waals surface area contributed by atoms with Crippen molar-refractivity contribution in [2.24, 2.45) is 0 Å². The second-order valence-corrected chi connectivity index (χ2v) is 6.76. The molecule has 0 aliphatic heterocycles. The van der Waals surface area contributed by atoms with Crippen LogP contribution in [0.1, 0.15) is 28.5 Å². The van der Waals surface area contributed by atoms with Gasteiger partial charge in [-0.15, -0.1) is 0 Å². The normalized spacial score (nSPS) is 10.8. The SMILES string of the molecule is CCOc1cc(NC(=O)c2ccn(COc3cc(C)cc(C)c3)n2)ccc1OC(F)F. The highest BCUT2D eigenvalue weighted by molar-refractivity contribution is 6.02. The Balaban J connectivity index is 1.64. The van der Waals surface area contributed by atoms with Crippen LogP contribution in [0.15, 0.2) is 48.7 Å². The van der Waals surface area contributed by atoms with E-state index in [9.17, 15) is 13.6 Å². The minimum absolute atomic E-state index is 0.105. The third-order valence-corrected chi connectivity index (χ3v) is 4.15. The number of aromatic nitrogens is 2. The minimum atomic E-state index is -2.98. The predicted molar refractivity (Wildman–Crippen MR) is 111 cm³/mol. The second kappa shape index (κ2) is 9.92. The third kappa shape index (κ3) is 6.18. The van der Waals surface area contributed by atoms with Gasteiger partial charge < -0.3 is 19.5 Å². The summed E-state index contributed by atoms with van der Waals surface area (Å²) in [5, 5.41) is 6.87. The van der Waals surface area contributed by atoms with E-state index in [-0.39, 0.29) is 30.5 Å². The van der Waals surface area contributed by atoms with Crippen LogP contribution in [-0.4, -0.2) is 28.9 Å². The molecule has 0 spiro atoms. The molecular weight excluding hydrogens is 408 g/mol. The van der Waals surface area contributed by atoms with E-state index in [1.54, 1.807) is 19.2 Å². The van der Waals surface area contributed by atoms with Gasteiger partial charge in [0.25, 0.3) is 5.91 Å². The number of aryl methyl sites for hydroxylation is 2. The number of nitrogens with zero attached hydrogens (tertiary/aromatic N) is 2. The van der Waals surface area contributed by atoms with E-state index in [0.29, 0.717) is 11.4 Å². The molecular formula is C22H23F2N3O4. The lowest BCUT2D eigenvalue weighted by molar-refractivity contribution is -0.0514. The van der Waals surface area contributed by atoms with Crippen molar-refractivity contribution in [1.29, 1.82) is 0 Å². The largest absolute Gasteiger partial charge is 0.490 e. The topological polar surface area (TPSA) is 74.6 Å². The van der Waals surface area contributed by atoms with Crippen molar-refractivity contribution in [3.63, 3.8) is 0 Å². The molecule has 0 atom stereocenters. The molecule has 0 radical (unpaired) electrons. The number of alkyl halides is 2. The van der Waals surface area contributed by atoms with Crippen LogP contribution in [0.25, 0.3) is 0 Å². The average molecular weight is 431 g/mol. The van der Waals surface area contributed by atoms with Crippen LogP contribution < -0.4 is 19.5 Å². The fraction of sp³-hybridized carbons (Fsp3) is 0.273. The molecule has 3 aromatic rings. The molecule has 9 heteroatoms. The zero-order chi connectivity index (χ0) is 22.4. The molecule has 1 heterocycles. The van der Waals surface area contributed by atoms with E-state index in [0.717, 1.165) is 11.1 Å². The number of ether oxygens (including phenoxy) is 3. The summed E-state index contributed by atoms with van der Waals surface area (Å²) in [6, 6.07) is 11.6. The third-order valence-electron chi connectivity index (χ3n) is 4.15. The highest BCUT2D eigenvalue weighted by Gasteiger charge is 2.15. The molecule has 1 amide bonds. The molecule has 7 nitrogen and oxygen atoms in total. The first-order valence-electron chi connectivity index (χ1n) is 9.61. The molecule has 0 bridgehead atoms. The van der Waals surface area contributed by atoms with Crippen molar-refractivity contribution in [3.05, 3.63) is 65.5 Å². The second-order valence-electron chi connectivity index (χ2n) is 6.76. The first-order valence-corrected chi connectivity index (χ1v) is 9.61. The summed E-state index contributed by atoms with van der Waals surface area (Å²) < 4.78 is 42.0. The molecule has 31 heavy (non-hydrogen) atoms. The fourth-order valence-corrected chi connectivity index (χ4v) is 2.95. The van der Waals surface area contributed by atoms with E-state index in [1.165, 1.54) is 22.9 Å². The number of benzene rings is 2. The molecule has 0 saturated heterocycles. The first kappa shape index (κ1) is 22.1. The van der Waals surface area contributed by atoms with Crippen molar-refractivity contribution in [1.82, 2.24) is 9.78 Å². The lowest BCUT2D eigenvalue weighted by atomic mass is 10.1. The van der Waals surface area contributed by atoms with E-state index in [2.05, 4.69) is 15.2 Å². The van der Waals surface area contributed by atoms with Gasteiger partial charge in [0.15, 0.2) is 23.9 Å². The summed E-state index contributed by atoms with van der Waals surface area (Å²) in [6.45, 7) is 3.10. The Kier molecular flexibility index (Phi) is 7.07. The van der Waals surface area contributed by atoms with Crippen LogP contribution in [-0.2, 0) is 6.73 Å². The van der Waals surface area contributed by atoms with Gasteiger partial charge >= 0.3 is 6.61 Å². The van der Waals surface area contributed by atoms with Gasteiger partial charge in [-0.1, -0.05) is 6.07 Å². The van der Waals surface area contributed by atoms with Gasteiger partial charge in [-0.3, -0.25) is 4.79 Å². The lowest BCUT2D eigenvalue weighted by Gasteiger charge is -2.13. The Hall–Kier alpha value is -3.62. The summed E-state index contributed by atoms with van der Waals surface area (Å²) in [5.74, 6) is 0.249. The molecule has 0 unspecified atom stereocenters. The molecule has 1 aromatic heterocycles. The molecule has 1 N–H and O–H groups in total. The number of anilines is 1. The highest BCUT2D eigenvalue weighted by Crippen LogP contribution is 2.32. The number of carbonyl (C=O) groups excluding carboxylic acids is 1. The lowest BCUT2D eigenvalue weighted by Crippen LogP contribution is -2.14. The Morgan fingerprint density at radius 1 is 1.06 bits per heavy atom. The Labute approximate surface area is 178 Å². The summed E-state index contributed by atoms with van der Waals surface area (Å²) in [5.41, 5.74) is 2.71. The molecule has 2 aromatic carbocycles. The van der Waals surface area contributed by atoms with Crippen LogP contribution >= 0.6 is 0 Å². The van der Waals surface area contributed by atoms with Gasteiger partial charge in [-0.25, -0.2) is 4.68 Å². The molecule has 3 rings (SSSR count). The Morgan fingerprint density at radius 2 is 1.81 bits per heavy atom. The molecule has 0 saturated carbocycles. The van der Waals surface area contributed by atoms with E-state index in [1.807, 2.05) is 32.0 Å². The van der Waals surface area contributed by atoms with E-state index >= 15 is 0 Å². The smallest absolute Gasteiger partial charge is 0.387 e. The van der Waals surface area contributed by atoms with Gasteiger partial charge in [0.1, 0.15) is 5.75 Å². The van der Waals surface area contributed by atoms with Gasteiger partial charge in [-0.05, 0) is 62.2 Å². The Bertz CT molecular complexity index is 1030. The summed E-state index contributed by atoms with van der Waals surface area (Å²) in [6.07, 6.45) is 1.63. The van der Waals surface area contributed by atoms with Crippen LogP contribution in [0, 0.1) is 13.8 Å². The maximum absolute atomic E-state index is 12.5. The van der Waals surface area contributed by atoms with Crippen molar-refractivity contribution >= 4 is 11.6 Å². The Morgan fingerprint density at radius 3 is 2.48 bits per heavy atom. The van der Waals surface area contributed by atoms with Crippen molar-refractivity contribution < 1.29 is 27.8 Å². The number of carbonyl (C=O) groups is 1. The van der Waals surface area contributed by atoms with Crippen LogP contribution in [0.3, 0.4) is 0 Å². The summed E-state index contributed by atoms with van der Waals surface area (Å²) >= 11 is 0. The molecule has 164 valence electrons. The van der Waals surface area contributed by atoms with Gasteiger partial charge in [0, 0.05) is 18.0 Å². The van der Waals surface area contributed by atoms with E-state index < -0.39 is 12.5 Å². The number of hydrogen-bond donors (Lipinski definition) is 1. The average Bonchev–Trinajstić information content (AvgIpc) is 3.17. The van der Waals surface area contributed by atoms with Crippen LogP contribution in [0.5, 0.6) is 17.2 Å². The maximum Gasteiger partial charge on any atom is 0.387 e. The molecule has 0 aliphatic rings. The zero-order valence-electron chi connectivity index (χ0n) is 17.4.